The van der Waals surface area contributed by atoms with E-state index in [4.69, 9.17) is 16.3 Å². The van der Waals surface area contributed by atoms with Gasteiger partial charge in [0.15, 0.2) is 0 Å². The van der Waals surface area contributed by atoms with Crippen molar-refractivity contribution >= 4 is 17.9 Å². The first-order chi connectivity index (χ1) is 5.69. The maximum atomic E-state index is 10.6. The maximum absolute atomic E-state index is 10.6. The van der Waals surface area contributed by atoms with E-state index >= 15 is 0 Å². The average Bonchev–Trinajstić information content (AvgIpc) is 2.08. The number of rotatable bonds is 2. The van der Waals surface area contributed by atoms with Crippen LogP contribution in [-0.2, 0) is 9.53 Å². The fraction of sp³-hybridized carbons (Fsp3) is 0.625. The number of aldehydes is 1. The summed E-state index contributed by atoms with van der Waals surface area (Å²) in [5, 5.41) is 0.547. The summed E-state index contributed by atoms with van der Waals surface area (Å²) in [5.74, 6) is 0.475. The number of halogens is 1. The summed E-state index contributed by atoms with van der Waals surface area (Å²) in [4.78, 5) is 12.6. The second-order valence-corrected chi connectivity index (χ2v) is 3.32. The molecule has 1 heterocycles. The molecule has 3 nitrogen and oxygen atoms in total. The van der Waals surface area contributed by atoms with Gasteiger partial charge in [-0.2, -0.15) is 0 Å². The number of carbonyl (C=O) groups is 1. The zero-order valence-electron chi connectivity index (χ0n) is 7.21. The summed E-state index contributed by atoms with van der Waals surface area (Å²) < 4.78 is 5.05. The molecule has 0 amide bonds. The number of nitrogens with zero attached hydrogens (tertiary/aromatic N) is 1. The molecule has 0 aromatic carbocycles. The van der Waals surface area contributed by atoms with Crippen LogP contribution >= 0.6 is 11.6 Å². The third-order valence-electron chi connectivity index (χ3n) is 1.92. The number of hydrogen-bond donors (Lipinski definition) is 0. The van der Waals surface area contributed by atoms with Crippen LogP contribution < -0.4 is 0 Å². The summed E-state index contributed by atoms with van der Waals surface area (Å²) in [6.45, 7) is 1.36. The molecule has 1 atom stereocenters. The van der Waals surface area contributed by atoms with Crippen LogP contribution in [0.1, 0.15) is 0 Å². The van der Waals surface area contributed by atoms with Crippen LogP contribution in [0.15, 0.2) is 10.8 Å². The Hall–Kier alpha value is -0.540. The van der Waals surface area contributed by atoms with E-state index in [1.54, 1.807) is 7.11 Å². The predicted octanol–water partition coefficient (Wildman–Crippen LogP) is 0.844. The SMILES string of the molecule is COC1=C(Cl)C(C=O)CN(C)C1. The van der Waals surface area contributed by atoms with Gasteiger partial charge in [-0.05, 0) is 7.05 Å². The van der Waals surface area contributed by atoms with E-state index < -0.39 is 0 Å². The summed E-state index contributed by atoms with van der Waals surface area (Å²) in [6, 6.07) is 0. The van der Waals surface area contributed by atoms with Crippen molar-refractivity contribution in [2.24, 2.45) is 5.92 Å². The molecular weight excluding hydrogens is 178 g/mol. The van der Waals surface area contributed by atoms with Gasteiger partial charge in [-0.25, -0.2) is 0 Å². The Morgan fingerprint density at radius 3 is 2.92 bits per heavy atom. The monoisotopic (exact) mass is 189 g/mol. The molecule has 0 saturated carbocycles. The van der Waals surface area contributed by atoms with E-state index in [0.717, 1.165) is 6.29 Å². The zero-order valence-corrected chi connectivity index (χ0v) is 7.97. The van der Waals surface area contributed by atoms with Crippen LogP contribution in [0.5, 0.6) is 0 Å². The zero-order chi connectivity index (χ0) is 9.14. The van der Waals surface area contributed by atoms with E-state index in [2.05, 4.69) is 0 Å². The molecule has 0 aromatic heterocycles. The van der Waals surface area contributed by atoms with Crippen molar-refractivity contribution in [3.63, 3.8) is 0 Å². The minimum absolute atomic E-state index is 0.222. The molecule has 68 valence electrons. The normalized spacial score (nSPS) is 25.8. The van der Waals surface area contributed by atoms with Gasteiger partial charge < -0.3 is 9.53 Å². The van der Waals surface area contributed by atoms with Gasteiger partial charge in [-0.1, -0.05) is 11.6 Å². The van der Waals surface area contributed by atoms with Gasteiger partial charge >= 0.3 is 0 Å². The Labute approximate surface area is 76.9 Å². The molecule has 0 saturated heterocycles. The summed E-state index contributed by atoms with van der Waals surface area (Å²) >= 11 is 5.91. The average molecular weight is 190 g/mol. The van der Waals surface area contributed by atoms with Crippen molar-refractivity contribution in [2.75, 3.05) is 27.2 Å². The van der Waals surface area contributed by atoms with Crippen LogP contribution in [-0.4, -0.2) is 38.4 Å². The van der Waals surface area contributed by atoms with Crippen molar-refractivity contribution in [1.29, 1.82) is 0 Å². The molecule has 0 fully saturated rings. The lowest BCUT2D eigenvalue weighted by molar-refractivity contribution is -0.110. The van der Waals surface area contributed by atoms with Crippen molar-refractivity contribution in [3.8, 4) is 0 Å². The molecular formula is C8H12ClNO2. The molecule has 1 aliphatic heterocycles. The van der Waals surface area contributed by atoms with Gasteiger partial charge in [0, 0.05) is 6.54 Å². The largest absolute Gasteiger partial charge is 0.498 e. The second kappa shape index (κ2) is 3.92. The van der Waals surface area contributed by atoms with Crippen LogP contribution in [0.4, 0.5) is 0 Å². The number of ether oxygens (including phenoxy) is 1. The minimum atomic E-state index is -0.222. The first-order valence-corrected chi connectivity index (χ1v) is 4.13. The molecule has 1 rings (SSSR count). The third-order valence-corrected chi connectivity index (χ3v) is 2.42. The summed E-state index contributed by atoms with van der Waals surface area (Å²) in [6.07, 6.45) is 0.858. The Morgan fingerprint density at radius 1 is 1.75 bits per heavy atom. The molecule has 4 heteroatoms. The Kier molecular flexibility index (Phi) is 3.12. The van der Waals surface area contributed by atoms with Crippen molar-refractivity contribution < 1.29 is 9.53 Å². The molecule has 0 aliphatic carbocycles. The number of methoxy groups -OCH3 is 1. The van der Waals surface area contributed by atoms with Crippen LogP contribution in [0.2, 0.25) is 0 Å². The van der Waals surface area contributed by atoms with Crippen molar-refractivity contribution in [1.82, 2.24) is 4.90 Å². The van der Waals surface area contributed by atoms with Crippen LogP contribution in [0.3, 0.4) is 0 Å². The molecule has 1 unspecified atom stereocenters. The van der Waals surface area contributed by atoms with Crippen LogP contribution in [0.25, 0.3) is 0 Å². The predicted molar refractivity (Wildman–Crippen MR) is 46.9 cm³/mol. The highest BCUT2D eigenvalue weighted by Crippen LogP contribution is 2.24. The Balaban J connectivity index is 2.85. The fourth-order valence-corrected chi connectivity index (χ4v) is 1.53. The van der Waals surface area contributed by atoms with E-state index in [-0.39, 0.29) is 5.92 Å². The molecule has 0 N–H and O–H groups in total. The van der Waals surface area contributed by atoms with Gasteiger partial charge in [0.25, 0.3) is 0 Å². The molecule has 1 aliphatic rings. The van der Waals surface area contributed by atoms with Crippen molar-refractivity contribution in [3.05, 3.63) is 10.8 Å². The number of hydrogen-bond acceptors (Lipinski definition) is 3. The highest BCUT2D eigenvalue weighted by Gasteiger charge is 2.24. The quantitative estimate of drug-likeness (QED) is 0.603. The van der Waals surface area contributed by atoms with E-state index in [1.807, 2.05) is 11.9 Å². The fourth-order valence-electron chi connectivity index (χ4n) is 1.27. The number of likely N-dealkylation sites (N-methyl/N-ethyl adjacent to an activating group) is 1. The van der Waals surface area contributed by atoms with Crippen LogP contribution in [0, 0.1) is 5.92 Å². The molecule has 12 heavy (non-hydrogen) atoms. The lowest BCUT2D eigenvalue weighted by Crippen LogP contribution is -2.34. The summed E-state index contributed by atoms with van der Waals surface area (Å²) in [7, 11) is 3.50. The highest BCUT2D eigenvalue weighted by atomic mass is 35.5. The standard InChI is InChI=1S/C8H12ClNO2/c1-10-3-6(5-11)8(9)7(4-10)12-2/h5-6H,3-4H2,1-2H3. The smallest absolute Gasteiger partial charge is 0.129 e. The second-order valence-electron chi connectivity index (χ2n) is 2.91. The van der Waals surface area contributed by atoms with E-state index in [1.165, 1.54) is 0 Å². The topological polar surface area (TPSA) is 29.5 Å². The first-order valence-electron chi connectivity index (χ1n) is 3.75. The maximum Gasteiger partial charge on any atom is 0.129 e. The lowest BCUT2D eigenvalue weighted by atomic mass is 10.1. The lowest BCUT2D eigenvalue weighted by Gasteiger charge is -2.27. The highest BCUT2D eigenvalue weighted by molar-refractivity contribution is 6.31. The first kappa shape index (κ1) is 9.55. The Morgan fingerprint density at radius 2 is 2.42 bits per heavy atom. The third kappa shape index (κ3) is 1.79. The van der Waals surface area contributed by atoms with Gasteiger partial charge in [0.1, 0.15) is 12.0 Å². The van der Waals surface area contributed by atoms with E-state index in [0.29, 0.717) is 23.9 Å². The molecule has 0 aromatic rings. The van der Waals surface area contributed by atoms with Crippen molar-refractivity contribution in [2.45, 2.75) is 0 Å². The van der Waals surface area contributed by atoms with Gasteiger partial charge in [-0.3, -0.25) is 4.90 Å². The molecule has 0 radical (unpaired) electrons. The number of carbonyl (C=O) groups excluding carboxylic acids is 1. The minimum Gasteiger partial charge on any atom is -0.498 e. The summed E-state index contributed by atoms with van der Waals surface area (Å²) in [5.41, 5.74) is 0. The molecule has 0 spiro atoms. The molecule has 0 bridgehead atoms. The van der Waals surface area contributed by atoms with Gasteiger partial charge in [-0.15, -0.1) is 0 Å². The van der Waals surface area contributed by atoms with Gasteiger partial charge in [0.2, 0.25) is 0 Å². The Bertz CT molecular complexity index is 215. The van der Waals surface area contributed by atoms with Gasteiger partial charge in [0.05, 0.1) is 24.6 Å². The van der Waals surface area contributed by atoms with E-state index in [9.17, 15) is 4.79 Å².